The van der Waals surface area contributed by atoms with Gasteiger partial charge in [-0.25, -0.2) is 0 Å². The molecule has 2 heterocycles. The summed E-state index contributed by atoms with van der Waals surface area (Å²) in [6, 6.07) is 0.641. The van der Waals surface area contributed by atoms with Crippen molar-refractivity contribution in [3.05, 3.63) is 0 Å². The maximum Gasteiger partial charge on any atom is 0.0897 e. The van der Waals surface area contributed by atoms with Crippen LogP contribution in [0.5, 0.6) is 0 Å². The minimum atomic E-state index is -0.493. The van der Waals surface area contributed by atoms with Gasteiger partial charge >= 0.3 is 0 Å². The highest BCUT2D eigenvalue weighted by Gasteiger charge is 2.31. The van der Waals surface area contributed by atoms with Crippen LogP contribution in [0.4, 0.5) is 0 Å². The van der Waals surface area contributed by atoms with E-state index in [1.165, 1.54) is 19.4 Å². The Kier molecular flexibility index (Phi) is 7.36. The zero-order valence-electron chi connectivity index (χ0n) is 13.3. The molecule has 2 aliphatic heterocycles. The van der Waals surface area contributed by atoms with Crippen molar-refractivity contribution in [1.29, 1.82) is 0 Å². The number of aliphatic hydroxyl groups excluding tert-OH is 1. The molecule has 0 bridgehead atoms. The summed E-state index contributed by atoms with van der Waals surface area (Å²) in [4.78, 5) is 2.53. The van der Waals surface area contributed by atoms with Crippen molar-refractivity contribution in [2.45, 2.75) is 44.1 Å². The number of fused-ring (bicyclic) bond motifs is 1. The molecule has 124 valence electrons. The van der Waals surface area contributed by atoms with Crippen molar-refractivity contribution in [2.24, 2.45) is 0 Å². The van der Waals surface area contributed by atoms with Gasteiger partial charge in [-0.2, -0.15) is 0 Å². The number of methoxy groups -OCH3 is 1. The molecule has 2 N–H and O–H groups in total. The maximum atomic E-state index is 9.87. The summed E-state index contributed by atoms with van der Waals surface area (Å²) < 4.78 is 16.3. The average Bonchev–Trinajstić information content (AvgIpc) is 2.93. The van der Waals surface area contributed by atoms with Gasteiger partial charge < -0.3 is 24.6 Å². The van der Waals surface area contributed by atoms with Gasteiger partial charge in [0.15, 0.2) is 0 Å². The van der Waals surface area contributed by atoms with Gasteiger partial charge in [-0.15, -0.1) is 0 Å². The highest BCUT2D eigenvalue weighted by Crippen LogP contribution is 2.22. The molecule has 0 spiro atoms. The normalized spacial score (nSPS) is 29.3. The molecular formula is C15H30N2O4. The summed E-state index contributed by atoms with van der Waals surface area (Å²) >= 11 is 0. The molecule has 2 rings (SSSR count). The van der Waals surface area contributed by atoms with Crippen molar-refractivity contribution in [3.63, 3.8) is 0 Å². The molecule has 2 aliphatic rings. The SMILES string of the molecule is COCC(C)OCC(O)CNCC1CN2CCCC2CO1. The van der Waals surface area contributed by atoms with Crippen LogP contribution in [0.25, 0.3) is 0 Å². The predicted octanol–water partition coefficient (Wildman–Crippen LogP) is -0.148. The number of hydrogen-bond acceptors (Lipinski definition) is 6. The molecular weight excluding hydrogens is 272 g/mol. The number of morpholine rings is 1. The summed E-state index contributed by atoms with van der Waals surface area (Å²) in [7, 11) is 1.65. The highest BCUT2D eigenvalue weighted by atomic mass is 16.5. The van der Waals surface area contributed by atoms with Gasteiger partial charge in [0.05, 0.1) is 38.1 Å². The van der Waals surface area contributed by atoms with E-state index in [1.54, 1.807) is 7.11 Å². The number of hydrogen-bond donors (Lipinski definition) is 2. The van der Waals surface area contributed by atoms with E-state index in [1.807, 2.05) is 6.92 Å². The molecule has 0 aromatic rings. The van der Waals surface area contributed by atoms with Crippen LogP contribution in [0, 0.1) is 0 Å². The van der Waals surface area contributed by atoms with Crippen LogP contribution in [0.1, 0.15) is 19.8 Å². The second kappa shape index (κ2) is 9.02. The standard InChI is InChI=1S/C15H30N2O4/c1-12(9-19-2)20-11-14(18)6-16-7-15-8-17-5-3-4-13(17)10-21-15/h12-16,18H,3-11H2,1-2H3. The van der Waals surface area contributed by atoms with Crippen LogP contribution < -0.4 is 5.32 Å². The minimum absolute atomic E-state index is 0.0124. The van der Waals surface area contributed by atoms with Gasteiger partial charge in [0.1, 0.15) is 0 Å². The average molecular weight is 302 g/mol. The van der Waals surface area contributed by atoms with Gasteiger partial charge in [0.2, 0.25) is 0 Å². The van der Waals surface area contributed by atoms with E-state index >= 15 is 0 Å². The lowest BCUT2D eigenvalue weighted by atomic mass is 10.2. The van der Waals surface area contributed by atoms with Crippen molar-refractivity contribution < 1.29 is 19.3 Å². The van der Waals surface area contributed by atoms with Crippen molar-refractivity contribution in [2.75, 3.05) is 53.1 Å². The van der Waals surface area contributed by atoms with E-state index in [0.29, 0.717) is 25.8 Å². The zero-order chi connectivity index (χ0) is 15.1. The Labute approximate surface area is 127 Å². The number of ether oxygens (including phenoxy) is 3. The van der Waals surface area contributed by atoms with Crippen LogP contribution in [-0.2, 0) is 14.2 Å². The lowest BCUT2D eigenvalue weighted by Crippen LogP contribution is -2.50. The lowest BCUT2D eigenvalue weighted by molar-refractivity contribution is -0.0509. The second-order valence-corrected chi connectivity index (χ2v) is 6.16. The molecule has 4 atom stereocenters. The van der Waals surface area contributed by atoms with Gasteiger partial charge in [0, 0.05) is 32.8 Å². The largest absolute Gasteiger partial charge is 0.389 e. The molecule has 4 unspecified atom stereocenters. The molecule has 0 saturated carbocycles. The summed E-state index contributed by atoms with van der Waals surface area (Å²) in [5.74, 6) is 0. The first-order valence-corrected chi connectivity index (χ1v) is 8.04. The first-order valence-electron chi connectivity index (χ1n) is 8.04. The molecule has 21 heavy (non-hydrogen) atoms. The van der Waals surface area contributed by atoms with Crippen molar-refractivity contribution in [3.8, 4) is 0 Å². The summed E-state index contributed by atoms with van der Waals surface area (Å²) in [6.07, 6.45) is 2.32. The Morgan fingerprint density at radius 1 is 1.43 bits per heavy atom. The maximum absolute atomic E-state index is 9.87. The molecule has 2 saturated heterocycles. The molecule has 0 amide bonds. The minimum Gasteiger partial charge on any atom is -0.389 e. The quantitative estimate of drug-likeness (QED) is 0.618. The third-order valence-electron chi connectivity index (χ3n) is 4.19. The molecule has 0 aromatic heterocycles. The Morgan fingerprint density at radius 3 is 3.10 bits per heavy atom. The second-order valence-electron chi connectivity index (χ2n) is 6.16. The molecule has 2 fully saturated rings. The van der Waals surface area contributed by atoms with Gasteiger partial charge in [-0.1, -0.05) is 0 Å². The highest BCUT2D eigenvalue weighted by molar-refractivity contribution is 4.85. The van der Waals surface area contributed by atoms with E-state index in [2.05, 4.69) is 10.2 Å². The molecule has 0 radical (unpaired) electrons. The Bertz CT molecular complexity index is 293. The molecule has 0 aromatic carbocycles. The number of nitrogens with one attached hydrogen (secondary N) is 1. The van der Waals surface area contributed by atoms with Crippen LogP contribution in [0.2, 0.25) is 0 Å². The fourth-order valence-electron chi connectivity index (χ4n) is 3.04. The van der Waals surface area contributed by atoms with E-state index in [9.17, 15) is 5.11 Å². The third-order valence-corrected chi connectivity index (χ3v) is 4.19. The van der Waals surface area contributed by atoms with E-state index in [-0.39, 0.29) is 12.2 Å². The Balaban J connectivity index is 1.52. The van der Waals surface area contributed by atoms with E-state index in [0.717, 1.165) is 19.7 Å². The number of rotatable bonds is 9. The molecule has 6 nitrogen and oxygen atoms in total. The van der Waals surface area contributed by atoms with Crippen molar-refractivity contribution in [1.82, 2.24) is 10.2 Å². The van der Waals surface area contributed by atoms with Gasteiger partial charge in [-0.3, -0.25) is 4.90 Å². The number of nitrogens with zero attached hydrogens (tertiary/aromatic N) is 1. The third kappa shape index (κ3) is 5.81. The first-order chi connectivity index (χ1) is 10.2. The smallest absolute Gasteiger partial charge is 0.0897 e. The fourth-order valence-corrected chi connectivity index (χ4v) is 3.04. The monoisotopic (exact) mass is 302 g/mol. The fraction of sp³-hybridized carbons (Fsp3) is 1.00. The summed E-state index contributed by atoms with van der Waals surface area (Å²) in [5.41, 5.74) is 0. The lowest BCUT2D eigenvalue weighted by Gasteiger charge is -2.35. The van der Waals surface area contributed by atoms with E-state index < -0.39 is 6.10 Å². The van der Waals surface area contributed by atoms with Crippen LogP contribution >= 0.6 is 0 Å². The predicted molar refractivity (Wildman–Crippen MR) is 80.5 cm³/mol. The van der Waals surface area contributed by atoms with Crippen LogP contribution in [0.15, 0.2) is 0 Å². The van der Waals surface area contributed by atoms with Gasteiger partial charge in [-0.05, 0) is 26.3 Å². The van der Waals surface area contributed by atoms with Crippen LogP contribution in [-0.4, -0.2) is 87.5 Å². The molecule has 6 heteroatoms. The number of aliphatic hydroxyl groups is 1. The zero-order valence-corrected chi connectivity index (χ0v) is 13.3. The molecule has 0 aliphatic carbocycles. The topological polar surface area (TPSA) is 63.2 Å². The van der Waals surface area contributed by atoms with Gasteiger partial charge in [0.25, 0.3) is 0 Å². The van der Waals surface area contributed by atoms with E-state index in [4.69, 9.17) is 14.2 Å². The summed E-state index contributed by atoms with van der Waals surface area (Å²) in [5, 5.41) is 13.1. The Morgan fingerprint density at radius 2 is 2.29 bits per heavy atom. The Hall–Kier alpha value is -0.240. The summed E-state index contributed by atoms with van der Waals surface area (Å²) in [6.45, 7) is 7.20. The van der Waals surface area contributed by atoms with Crippen molar-refractivity contribution >= 4 is 0 Å². The first kappa shape index (κ1) is 17.1. The van der Waals surface area contributed by atoms with Crippen LogP contribution in [0.3, 0.4) is 0 Å².